The van der Waals surface area contributed by atoms with E-state index in [2.05, 4.69) is 194 Å². The molecule has 0 amide bonds. The van der Waals surface area contributed by atoms with Gasteiger partial charge in [0.2, 0.25) is 0 Å². The summed E-state index contributed by atoms with van der Waals surface area (Å²) >= 11 is 0. The van der Waals surface area contributed by atoms with Crippen LogP contribution in [0.15, 0.2) is 194 Å². The van der Waals surface area contributed by atoms with Crippen molar-refractivity contribution in [3.8, 4) is 62.1 Å². The van der Waals surface area contributed by atoms with E-state index in [-0.39, 0.29) is 5.41 Å². The van der Waals surface area contributed by atoms with Crippen LogP contribution in [-0.2, 0) is 5.41 Å². The molecule has 0 bridgehead atoms. The Kier molecular flexibility index (Phi) is 7.54. The van der Waals surface area contributed by atoms with Crippen LogP contribution < -0.4 is 0 Å². The van der Waals surface area contributed by atoms with Gasteiger partial charge in [-0.25, -0.2) is 15.0 Å². The van der Waals surface area contributed by atoms with Crippen molar-refractivity contribution in [1.29, 1.82) is 0 Å². The van der Waals surface area contributed by atoms with Gasteiger partial charge in [-0.1, -0.05) is 190 Å². The topological polar surface area (TPSA) is 43.6 Å². The van der Waals surface area contributed by atoms with Crippen LogP contribution in [0.2, 0.25) is 0 Å². The van der Waals surface area contributed by atoms with Crippen molar-refractivity contribution in [1.82, 2.24) is 19.5 Å². The van der Waals surface area contributed by atoms with E-state index in [9.17, 15) is 0 Å². The summed E-state index contributed by atoms with van der Waals surface area (Å²) in [6, 6.07) is 69.6. The fourth-order valence-electron chi connectivity index (χ4n) is 9.74. The number of hydrogen-bond donors (Lipinski definition) is 0. The van der Waals surface area contributed by atoms with Crippen LogP contribution in [0.5, 0.6) is 0 Å². The first-order chi connectivity index (χ1) is 29.5. The van der Waals surface area contributed by atoms with Gasteiger partial charge in [0.05, 0.1) is 11.0 Å². The molecule has 4 heteroatoms. The molecule has 9 aromatic carbocycles. The largest absolute Gasteiger partial charge is 0.308 e. The molecule has 1 aliphatic carbocycles. The predicted molar refractivity (Wildman–Crippen MR) is 248 cm³/mol. The third-order valence-corrected chi connectivity index (χ3v) is 12.6. The Bertz CT molecular complexity index is 3520. The predicted octanol–water partition coefficient (Wildman–Crippen LogP) is 14.2. The SMILES string of the molecule is CC1(C)c2ccccc2-c2ccc(-c3cccc4c5ccc6ccccc6c5n(-c5cccc(-c6nc(-c7ccccc7)nc(-c7cccc8ccccc78)n6)c5)c34)cc21. The highest BCUT2D eigenvalue weighted by Crippen LogP contribution is 2.50. The summed E-state index contributed by atoms with van der Waals surface area (Å²) < 4.78 is 2.48. The van der Waals surface area contributed by atoms with Gasteiger partial charge < -0.3 is 4.57 Å². The molecular formula is C56H38N4. The summed E-state index contributed by atoms with van der Waals surface area (Å²) in [7, 11) is 0. The zero-order valence-electron chi connectivity index (χ0n) is 33.3. The van der Waals surface area contributed by atoms with Gasteiger partial charge in [-0.05, 0) is 62.2 Å². The highest BCUT2D eigenvalue weighted by molar-refractivity contribution is 6.21. The summed E-state index contributed by atoms with van der Waals surface area (Å²) in [5.41, 5.74) is 13.9. The molecule has 4 nitrogen and oxygen atoms in total. The second kappa shape index (κ2) is 13.2. The minimum absolute atomic E-state index is 0.110. The highest BCUT2D eigenvalue weighted by Gasteiger charge is 2.35. The molecule has 0 N–H and O–H groups in total. The van der Waals surface area contributed by atoms with E-state index >= 15 is 0 Å². The van der Waals surface area contributed by atoms with Crippen molar-refractivity contribution >= 4 is 43.4 Å². The normalized spacial score (nSPS) is 13.0. The van der Waals surface area contributed by atoms with E-state index in [1.165, 1.54) is 66.0 Å². The molecule has 0 radical (unpaired) electrons. The molecule has 0 saturated carbocycles. The third-order valence-electron chi connectivity index (χ3n) is 12.6. The van der Waals surface area contributed by atoms with E-state index in [0.717, 1.165) is 33.2 Å². The molecule has 0 aliphatic heterocycles. The lowest BCUT2D eigenvalue weighted by Gasteiger charge is -2.22. The molecule has 0 atom stereocenters. The second-order valence-corrected chi connectivity index (χ2v) is 16.4. The van der Waals surface area contributed by atoms with Crippen molar-refractivity contribution in [2.24, 2.45) is 0 Å². The standard InChI is InChI=1S/C56H38N4/c1-56(2)49-28-11-10-24-44(49)45-31-30-38(34-50(45)56)43-25-14-26-46-47-32-29-36-16-7-9-23-42(36)51(47)60(52(43)46)40-21-12-20-39(33-40)54-57-53(37-17-4-3-5-18-37)58-55(59-54)48-27-13-19-35-15-6-8-22-41(35)48/h3-34H,1-2H3. The smallest absolute Gasteiger partial charge is 0.164 e. The molecule has 1 aliphatic rings. The van der Waals surface area contributed by atoms with E-state index in [1.54, 1.807) is 0 Å². The van der Waals surface area contributed by atoms with Crippen LogP contribution >= 0.6 is 0 Å². The Balaban J connectivity index is 1.11. The molecule has 0 unspecified atom stereocenters. The summed E-state index contributed by atoms with van der Waals surface area (Å²) in [5, 5.41) is 7.09. The van der Waals surface area contributed by atoms with Crippen molar-refractivity contribution in [2.75, 3.05) is 0 Å². The van der Waals surface area contributed by atoms with Crippen LogP contribution in [0, 0.1) is 0 Å². The van der Waals surface area contributed by atoms with Gasteiger partial charge in [0.1, 0.15) is 0 Å². The number of para-hydroxylation sites is 1. The zero-order valence-corrected chi connectivity index (χ0v) is 33.3. The Labute approximate surface area is 348 Å². The maximum atomic E-state index is 5.24. The van der Waals surface area contributed by atoms with Crippen LogP contribution in [0.25, 0.3) is 105 Å². The second-order valence-electron chi connectivity index (χ2n) is 16.4. The molecule has 282 valence electrons. The van der Waals surface area contributed by atoms with Gasteiger partial charge in [-0.3, -0.25) is 0 Å². The van der Waals surface area contributed by atoms with Gasteiger partial charge in [-0.15, -0.1) is 0 Å². The molecule has 0 fully saturated rings. The molecule has 2 heterocycles. The highest BCUT2D eigenvalue weighted by atomic mass is 15.0. The molecule has 0 saturated heterocycles. The lowest BCUT2D eigenvalue weighted by atomic mass is 9.81. The third kappa shape index (κ3) is 5.20. The van der Waals surface area contributed by atoms with Gasteiger partial charge in [-0.2, -0.15) is 0 Å². The average Bonchev–Trinajstić information content (AvgIpc) is 3.77. The number of nitrogens with zero attached hydrogens (tertiary/aromatic N) is 4. The van der Waals surface area contributed by atoms with Gasteiger partial charge in [0.15, 0.2) is 17.5 Å². The lowest BCUT2D eigenvalue weighted by Crippen LogP contribution is -2.14. The summed E-state index contributed by atoms with van der Waals surface area (Å²) in [6.07, 6.45) is 0. The maximum Gasteiger partial charge on any atom is 0.164 e. The first-order valence-corrected chi connectivity index (χ1v) is 20.6. The van der Waals surface area contributed by atoms with Crippen LogP contribution in [-0.4, -0.2) is 19.5 Å². The van der Waals surface area contributed by atoms with Gasteiger partial charge in [0.25, 0.3) is 0 Å². The fraction of sp³-hybridized carbons (Fsp3) is 0.0536. The van der Waals surface area contributed by atoms with Crippen LogP contribution in [0.4, 0.5) is 0 Å². The number of fused-ring (bicyclic) bond motifs is 9. The van der Waals surface area contributed by atoms with E-state index in [1.807, 2.05) is 18.2 Å². The number of benzene rings is 9. The first-order valence-electron chi connectivity index (χ1n) is 20.6. The van der Waals surface area contributed by atoms with Crippen molar-refractivity contribution < 1.29 is 0 Å². The maximum absolute atomic E-state index is 5.24. The molecule has 11 aromatic rings. The quantitative estimate of drug-likeness (QED) is 0.175. The van der Waals surface area contributed by atoms with Crippen LogP contribution in [0.1, 0.15) is 25.0 Å². The molecule has 0 spiro atoms. The van der Waals surface area contributed by atoms with E-state index < -0.39 is 0 Å². The molecule has 2 aromatic heterocycles. The number of hydrogen-bond acceptors (Lipinski definition) is 3. The van der Waals surface area contributed by atoms with Gasteiger partial charge >= 0.3 is 0 Å². The van der Waals surface area contributed by atoms with Gasteiger partial charge in [0, 0.05) is 49.5 Å². The summed E-state index contributed by atoms with van der Waals surface area (Å²) in [5.74, 6) is 1.91. The lowest BCUT2D eigenvalue weighted by molar-refractivity contribution is 0.660. The zero-order chi connectivity index (χ0) is 40.0. The van der Waals surface area contributed by atoms with Crippen molar-refractivity contribution in [2.45, 2.75) is 19.3 Å². The Morgan fingerprint density at radius 3 is 1.80 bits per heavy atom. The van der Waals surface area contributed by atoms with E-state index in [4.69, 9.17) is 15.0 Å². The Morgan fingerprint density at radius 1 is 0.350 bits per heavy atom. The average molecular weight is 767 g/mol. The van der Waals surface area contributed by atoms with Crippen molar-refractivity contribution in [3.63, 3.8) is 0 Å². The monoisotopic (exact) mass is 766 g/mol. The van der Waals surface area contributed by atoms with E-state index in [0.29, 0.717) is 17.5 Å². The molecule has 60 heavy (non-hydrogen) atoms. The fourth-order valence-corrected chi connectivity index (χ4v) is 9.74. The minimum atomic E-state index is -0.110. The molecular weight excluding hydrogens is 729 g/mol. The van der Waals surface area contributed by atoms with Crippen molar-refractivity contribution in [3.05, 3.63) is 205 Å². The first kappa shape index (κ1) is 34.4. The Morgan fingerprint density at radius 2 is 0.933 bits per heavy atom. The number of rotatable bonds is 5. The van der Waals surface area contributed by atoms with Crippen LogP contribution in [0.3, 0.4) is 0 Å². The summed E-state index contributed by atoms with van der Waals surface area (Å²) in [4.78, 5) is 15.5. The summed E-state index contributed by atoms with van der Waals surface area (Å²) in [6.45, 7) is 4.71. The number of aromatic nitrogens is 4. The minimum Gasteiger partial charge on any atom is -0.308 e. The molecule has 12 rings (SSSR count). The Hall–Kier alpha value is -7.69.